The van der Waals surface area contributed by atoms with Crippen LogP contribution in [0.1, 0.15) is 11.1 Å². The van der Waals surface area contributed by atoms with Gasteiger partial charge in [-0.25, -0.2) is 16.8 Å². The molecule has 0 saturated carbocycles. The SMILES string of the molecule is Cc1c(NS(=O)(=O)c2ccccc2)cc(S(=O)(=O)c2ccccc2)c(O)c1C. The summed E-state index contributed by atoms with van der Waals surface area (Å²) in [5.41, 5.74) is 0.806. The fraction of sp³-hybridized carbons (Fsp3) is 0.100. The third-order valence-electron chi connectivity index (χ3n) is 4.47. The third kappa shape index (κ3) is 3.61. The van der Waals surface area contributed by atoms with Crippen LogP contribution >= 0.6 is 0 Å². The molecular formula is C20H19NO5S2. The Hall–Kier alpha value is -2.84. The van der Waals surface area contributed by atoms with Crippen LogP contribution in [0.2, 0.25) is 0 Å². The lowest BCUT2D eigenvalue weighted by atomic mass is 10.1. The first-order valence-electron chi connectivity index (χ1n) is 8.36. The van der Waals surface area contributed by atoms with Gasteiger partial charge in [0.05, 0.1) is 15.5 Å². The van der Waals surface area contributed by atoms with Crippen molar-refractivity contribution < 1.29 is 21.9 Å². The molecule has 0 amide bonds. The van der Waals surface area contributed by atoms with Crippen LogP contribution in [0.5, 0.6) is 5.75 Å². The van der Waals surface area contributed by atoms with Gasteiger partial charge < -0.3 is 5.11 Å². The summed E-state index contributed by atoms with van der Waals surface area (Å²) in [6.45, 7) is 3.14. The van der Waals surface area contributed by atoms with Crippen LogP contribution in [-0.4, -0.2) is 21.9 Å². The fourth-order valence-electron chi connectivity index (χ4n) is 2.71. The number of aromatic hydroxyl groups is 1. The molecule has 0 bridgehead atoms. The predicted octanol–water partition coefficient (Wildman–Crippen LogP) is 3.64. The third-order valence-corrected chi connectivity index (χ3v) is 7.64. The first-order valence-corrected chi connectivity index (χ1v) is 11.3. The number of anilines is 1. The van der Waals surface area contributed by atoms with Gasteiger partial charge in [0.25, 0.3) is 10.0 Å². The van der Waals surface area contributed by atoms with Crippen LogP contribution in [0.4, 0.5) is 5.69 Å². The van der Waals surface area contributed by atoms with E-state index in [9.17, 15) is 21.9 Å². The Kier molecular flexibility index (Phi) is 5.18. The average Bonchev–Trinajstić information content (AvgIpc) is 2.69. The number of nitrogens with one attached hydrogen (secondary N) is 1. The van der Waals surface area contributed by atoms with Crippen LogP contribution in [0, 0.1) is 13.8 Å². The molecule has 0 aliphatic rings. The average molecular weight is 418 g/mol. The highest BCUT2D eigenvalue weighted by molar-refractivity contribution is 7.93. The van der Waals surface area contributed by atoms with Crippen molar-refractivity contribution in [2.75, 3.05) is 4.72 Å². The monoisotopic (exact) mass is 417 g/mol. The Morgan fingerprint density at radius 1 is 0.750 bits per heavy atom. The van der Waals surface area contributed by atoms with E-state index in [1.807, 2.05) is 0 Å². The molecule has 0 heterocycles. The van der Waals surface area contributed by atoms with Gasteiger partial charge in [-0.3, -0.25) is 4.72 Å². The van der Waals surface area contributed by atoms with E-state index < -0.39 is 25.6 Å². The van der Waals surface area contributed by atoms with Gasteiger partial charge in [0.2, 0.25) is 9.84 Å². The van der Waals surface area contributed by atoms with Crippen molar-refractivity contribution in [3.63, 3.8) is 0 Å². The number of sulfonamides is 1. The smallest absolute Gasteiger partial charge is 0.261 e. The number of benzene rings is 3. The Morgan fingerprint density at radius 2 is 1.25 bits per heavy atom. The second-order valence-corrected chi connectivity index (χ2v) is 9.86. The molecule has 2 N–H and O–H groups in total. The summed E-state index contributed by atoms with van der Waals surface area (Å²) in [4.78, 5) is -0.300. The molecule has 28 heavy (non-hydrogen) atoms. The van der Waals surface area contributed by atoms with Crippen LogP contribution in [0.3, 0.4) is 0 Å². The van der Waals surface area contributed by atoms with Crippen molar-refractivity contribution in [1.82, 2.24) is 0 Å². The number of hydrogen-bond acceptors (Lipinski definition) is 5. The molecule has 3 aromatic rings. The quantitative estimate of drug-likeness (QED) is 0.617. The molecule has 0 fully saturated rings. The van der Waals surface area contributed by atoms with Crippen LogP contribution in [0.15, 0.2) is 81.4 Å². The molecule has 146 valence electrons. The molecule has 0 radical (unpaired) electrons. The molecular weight excluding hydrogens is 398 g/mol. The number of phenols is 1. The van der Waals surface area contributed by atoms with Gasteiger partial charge in [-0.05, 0) is 55.3 Å². The molecule has 3 rings (SSSR count). The second-order valence-electron chi connectivity index (χ2n) is 6.26. The number of phenolic OH excluding ortho intramolecular Hbond substituents is 1. The van der Waals surface area contributed by atoms with E-state index in [1.54, 1.807) is 43.3 Å². The molecule has 8 heteroatoms. The van der Waals surface area contributed by atoms with E-state index in [-0.39, 0.29) is 25.9 Å². The van der Waals surface area contributed by atoms with Gasteiger partial charge >= 0.3 is 0 Å². The molecule has 0 aromatic heterocycles. The minimum absolute atomic E-state index is 0.00502. The Labute approximate surface area is 164 Å². The number of sulfone groups is 1. The van der Waals surface area contributed by atoms with Crippen LogP contribution in [0.25, 0.3) is 0 Å². The van der Waals surface area contributed by atoms with E-state index in [2.05, 4.69) is 4.72 Å². The van der Waals surface area contributed by atoms with Crippen molar-refractivity contribution >= 4 is 25.5 Å². The lowest BCUT2D eigenvalue weighted by molar-refractivity contribution is 0.454. The topological polar surface area (TPSA) is 101 Å². The second kappa shape index (κ2) is 7.29. The summed E-state index contributed by atoms with van der Waals surface area (Å²) >= 11 is 0. The predicted molar refractivity (Wildman–Crippen MR) is 107 cm³/mol. The number of hydrogen-bond donors (Lipinski definition) is 2. The first-order chi connectivity index (χ1) is 13.1. The first kappa shape index (κ1) is 19.9. The summed E-state index contributed by atoms with van der Waals surface area (Å²) in [5.74, 6) is -0.399. The summed E-state index contributed by atoms with van der Waals surface area (Å²) < 4.78 is 53.7. The zero-order valence-corrected chi connectivity index (χ0v) is 16.9. The standard InChI is InChI=1S/C20H19NO5S2/c1-14-15(2)20(22)19(27(23,24)16-9-5-3-6-10-16)13-18(14)21-28(25,26)17-11-7-4-8-12-17/h3-13,21-22H,1-2H3. The van der Waals surface area contributed by atoms with Gasteiger partial charge in [0, 0.05) is 0 Å². The largest absolute Gasteiger partial charge is 0.506 e. The molecule has 0 aliphatic heterocycles. The fourth-order valence-corrected chi connectivity index (χ4v) is 5.30. The van der Waals surface area contributed by atoms with Gasteiger partial charge in [-0.2, -0.15) is 0 Å². The lowest BCUT2D eigenvalue weighted by Gasteiger charge is -2.17. The van der Waals surface area contributed by atoms with Crippen molar-refractivity contribution in [3.05, 3.63) is 77.9 Å². The molecule has 0 unspecified atom stereocenters. The van der Waals surface area contributed by atoms with Crippen molar-refractivity contribution in [1.29, 1.82) is 0 Å². The normalized spacial score (nSPS) is 11.9. The molecule has 0 saturated heterocycles. The van der Waals surface area contributed by atoms with Gasteiger partial charge in [0.15, 0.2) is 0 Å². The van der Waals surface area contributed by atoms with E-state index in [1.165, 1.54) is 31.2 Å². The molecule has 3 aromatic carbocycles. The van der Waals surface area contributed by atoms with Crippen LogP contribution in [-0.2, 0) is 19.9 Å². The molecule has 0 atom stereocenters. The van der Waals surface area contributed by atoms with E-state index >= 15 is 0 Å². The summed E-state index contributed by atoms with van der Waals surface area (Å²) in [7, 11) is -7.96. The van der Waals surface area contributed by atoms with Crippen molar-refractivity contribution in [3.8, 4) is 5.75 Å². The molecule has 0 aliphatic carbocycles. The molecule has 6 nitrogen and oxygen atoms in total. The van der Waals surface area contributed by atoms with E-state index in [0.717, 1.165) is 6.07 Å². The van der Waals surface area contributed by atoms with Gasteiger partial charge in [-0.1, -0.05) is 36.4 Å². The Morgan fingerprint density at radius 3 is 1.79 bits per heavy atom. The Balaban J connectivity index is 2.15. The summed E-state index contributed by atoms with van der Waals surface area (Å²) in [5, 5.41) is 10.5. The molecule has 0 spiro atoms. The lowest BCUT2D eigenvalue weighted by Crippen LogP contribution is -2.15. The minimum atomic E-state index is -4.04. The maximum absolute atomic E-state index is 13.0. The zero-order valence-electron chi connectivity index (χ0n) is 15.2. The number of rotatable bonds is 5. The minimum Gasteiger partial charge on any atom is -0.506 e. The summed E-state index contributed by atoms with van der Waals surface area (Å²) in [6, 6.07) is 16.6. The maximum Gasteiger partial charge on any atom is 0.261 e. The highest BCUT2D eigenvalue weighted by Crippen LogP contribution is 2.37. The van der Waals surface area contributed by atoms with Crippen LogP contribution < -0.4 is 4.72 Å². The van der Waals surface area contributed by atoms with Gasteiger partial charge in [-0.15, -0.1) is 0 Å². The van der Waals surface area contributed by atoms with E-state index in [4.69, 9.17) is 0 Å². The highest BCUT2D eigenvalue weighted by atomic mass is 32.2. The van der Waals surface area contributed by atoms with Gasteiger partial charge in [0.1, 0.15) is 10.6 Å². The highest BCUT2D eigenvalue weighted by Gasteiger charge is 2.26. The Bertz CT molecular complexity index is 1220. The van der Waals surface area contributed by atoms with Crippen molar-refractivity contribution in [2.45, 2.75) is 28.5 Å². The zero-order chi connectivity index (χ0) is 20.5. The summed E-state index contributed by atoms with van der Waals surface area (Å²) in [6.07, 6.45) is 0. The van der Waals surface area contributed by atoms with Crippen molar-refractivity contribution in [2.24, 2.45) is 0 Å². The van der Waals surface area contributed by atoms with E-state index in [0.29, 0.717) is 5.56 Å². The maximum atomic E-state index is 13.0.